The molecule has 0 unspecified atom stereocenters. The number of rotatable bonds is 12. The highest BCUT2D eigenvalue weighted by molar-refractivity contribution is 5.97. The van der Waals surface area contributed by atoms with E-state index in [2.05, 4.69) is 56.3 Å². The van der Waals surface area contributed by atoms with Crippen molar-refractivity contribution in [2.45, 2.75) is 26.7 Å². The Bertz CT molecular complexity index is 1140. The number of Topliss-reactive ketones (excluding diaryl/α,β-unsaturated/α-hetero) is 1. The van der Waals surface area contributed by atoms with Crippen molar-refractivity contribution in [2.75, 3.05) is 63.3 Å². The summed E-state index contributed by atoms with van der Waals surface area (Å²) in [5.74, 6) is 1.19. The Morgan fingerprint density at radius 2 is 1.65 bits per heavy atom. The Morgan fingerprint density at radius 1 is 0.946 bits per heavy atom. The van der Waals surface area contributed by atoms with E-state index in [4.69, 9.17) is 9.47 Å². The van der Waals surface area contributed by atoms with E-state index >= 15 is 0 Å². The van der Waals surface area contributed by atoms with Gasteiger partial charge in [-0.1, -0.05) is 6.92 Å². The zero-order valence-electron chi connectivity index (χ0n) is 22.1. The highest BCUT2D eigenvalue weighted by Gasteiger charge is 2.15. The molecule has 1 fully saturated rings. The lowest BCUT2D eigenvalue weighted by atomic mass is 10.0. The van der Waals surface area contributed by atoms with Crippen LogP contribution in [0.25, 0.3) is 0 Å². The zero-order valence-corrected chi connectivity index (χ0v) is 22.1. The second-order valence-corrected chi connectivity index (χ2v) is 9.14. The number of nitrogens with zero attached hydrogens (tertiary/aromatic N) is 4. The molecule has 1 N–H and O–H groups in total. The van der Waals surface area contributed by atoms with E-state index < -0.39 is 0 Å². The minimum atomic E-state index is -0.0483. The molecule has 0 amide bonds. The van der Waals surface area contributed by atoms with Crippen LogP contribution in [0.1, 0.15) is 35.3 Å². The van der Waals surface area contributed by atoms with Gasteiger partial charge in [0.25, 0.3) is 0 Å². The quantitative estimate of drug-likeness (QED) is 0.365. The summed E-state index contributed by atoms with van der Waals surface area (Å²) in [4.78, 5) is 26.3. The minimum absolute atomic E-state index is 0.0483. The van der Waals surface area contributed by atoms with Gasteiger partial charge in [-0.2, -0.15) is 0 Å². The molecule has 4 rings (SSSR count). The molecule has 0 aliphatic carbocycles. The smallest absolute Gasteiger partial charge is 0.227 e. The van der Waals surface area contributed by atoms with Crippen LogP contribution < -0.4 is 15.0 Å². The molecule has 37 heavy (non-hydrogen) atoms. The Labute approximate surface area is 219 Å². The summed E-state index contributed by atoms with van der Waals surface area (Å²) in [5, 5.41) is 3.29. The van der Waals surface area contributed by atoms with E-state index in [0.29, 0.717) is 23.9 Å². The van der Waals surface area contributed by atoms with Crippen molar-refractivity contribution in [2.24, 2.45) is 0 Å². The maximum Gasteiger partial charge on any atom is 0.227 e. The van der Waals surface area contributed by atoms with Crippen LogP contribution in [0.5, 0.6) is 5.75 Å². The number of hydrogen-bond donors (Lipinski definition) is 1. The molecule has 8 heteroatoms. The van der Waals surface area contributed by atoms with Crippen molar-refractivity contribution in [1.29, 1.82) is 0 Å². The maximum absolute atomic E-state index is 12.4. The third-order valence-electron chi connectivity index (χ3n) is 6.68. The molecule has 2 heterocycles. The van der Waals surface area contributed by atoms with Gasteiger partial charge in [-0.05, 0) is 79.9 Å². The van der Waals surface area contributed by atoms with Crippen LogP contribution in [-0.2, 0) is 17.6 Å². The summed E-state index contributed by atoms with van der Waals surface area (Å²) in [6, 6.07) is 14.1. The SMILES string of the molecule is CCOCC(=O)c1cc(CCc2cnc(Nc3ccc(N4CCN(CC)CC4)cc3)nc2)cc(OC)c1. The number of benzene rings is 2. The number of likely N-dealkylation sites (N-methyl/N-ethyl adjacent to an activating group) is 1. The average Bonchev–Trinajstić information content (AvgIpc) is 2.95. The highest BCUT2D eigenvalue weighted by Crippen LogP contribution is 2.22. The largest absolute Gasteiger partial charge is 0.497 e. The molecule has 3 aromatic rings. The van der Waals surface area contributed by atoms with E-state index in [9.17, 15) is 4.79 Å². The summed E-state index contributed by atoms with van der Waals surface area (Å²) >= 11 is 0. The van der Waals surface area contributed by atoms with Crippen LogP contribution in [0.4, 0.5) is 17.3 Å². The van der Waals surface area contributed by atoms with E-state index in [1.165, 1.54) is 5.69 Å². The molecule has 8 nitrogen and oxygen atoms in total. The summed E-state index contributed by atoms with van der Waals surface area (Å²) in [6.45, 7) is 10.1. The highest BCUT2D eigenvalue weighted by atomic mass is 16.5. The Hall–Kier alpha value is -3.49. The van der Waals surface area contributed by atoms with E-state index in [1.807, 2.05) is 31.5 Å². The van der Waals surface area contributed by atoms with Gasteiger partial charge in [0.05, 0.1) is 7.11 Å². The average molecular weight is 504 g/mol. The predicted octanol–water partition coefficient (Wildman–Crippen LogP) is 4.38. The minimum Gasteiger partial charge on any atom is -0.497 e. The fraction of sp³-hybridized carbons (Fsp3) is 0.414. The molecule has 1 saturated heterocycles. The first kappa shape index (κ1) is 26.6. The third-order valence-corrected chi connectivity index (χ3v) is 6.68. The van der Waals surface area contributed by atoms with Gasteiger partial charge in [0.2, 0.25) is 5.95 Å². The van der Waals surface area contributed by atoms with Gasteiger partial charge < -0.3 is 24.6 Å². The molecule has 196 valence electrons. The number of aromatic nitrogens is 2. The van der Waals surface area contributed by atoms with Crippen molar-refractivity contribution in [3.8, 4) is 5.75 Å². The maximum atomic E-state index is 12.4. The second kappa shape index (κ2) is 13.2. The number of carbonyl (C=O) groups is 1. The zero-order chi connectivity index (χ0) is 26.0. The number of nitrogens with one attached hydrogen (secondary N) is 1. The van der Waals surface area contributed by atoms with Gasteiger partial charge in [0, 0.05) is 62.1 Å². The summed E-state index contributed by atoms with van der Waals surface area (Å²) in [7, 11) is 1.61. The van der Waals surface area contributed by atoms with Crippen molar-refractivity contribution in [1.82, 2.24) is 14.9 Å². The van der Waals surface area contributed by atoms with Crippen LogP contribution in [0, 0.1) is 0 Å². The van der Waals surface area contributed by atoms with Crippen LogP contribution in [-0.4, -0.2) is 73.7 Å². The predicted molar refractivity (Wildman–Crippen MR) is 147 cm³/mol. The Kier molecular flexibility index (Phi) is 9.46. The molecule has 0 spiro atoms. The lowest BCUT2D eigenvalue weighted by Gasteiger charge is -2.35. The third kappa shape index (κ3) is 7.50. The van der Waals surface area contributed by atoms with Gasteiger partial charge in [-0.15, -0.1) is 0 Å². The molecule has 0 radical (unpaired) electrons. The first-order valence-corrected chi connectivity index (χ1v) is 13.0. The van der Waals surface area contributed by atoms with Crippen LogP contribution in [0.2, 0.25) is 0 Å². The summed E-state index contributed by atoms with van der Waals surface area (Å²) in [6.07, 6.45) is 5.19. The molecule has 1 aliphatic rings. The van der Waals surface area contributed by atoms with E-state index in [1.54, 1.807) is 13.2 Å². The normalized spacial score (nSPS) is 14.0. The topological polar surface area (TPSA) is 79.8 Å². The number of carbonyl (C=O) groups excluding carboxylic acids is 1. The van der Waals surface area contributed by atoms with Gasteiger partial charge >= 0.3 is 0 Å². The van der Waals surface area contributed by atoms with Crippen LogP contribution >= 0.6 is 0 Å². The standard InChI is InChI=1S/C29H37N5O3/c1-4-33-12-14-34(15-13-33)26-10-8-25(9-11-26)32-29-30-19-23(20-31-29)7-6-22-16-24(18-27(17-22)36-3)28(35)21-37-5-2/h8-11,16-20H,4-7,12-15,21H2,1-3H3,(H,30,31,32). The molecular weight excluding hydrogens is 466 g/mol. The van der Waals surface area contributed by atoms with Crippen molar-refractivity contribution < 1.29 is 14.3 Å². The number of aryl methyl sites for hydroxylation is 2. The molecule has 2 aromatic carbocycles. The summed E-state index contributed by atoms with van der Waals surface area (Å²) in [5.41, 5.74) is 4.87. The lowest BCUT2D eigenvalue weighted by Crippen LogP contribution is -2.46. The number of ketones is 1. The number of hydrogen-bond acceptors (Lipinski definition) is 8. The van der Waals surface area contributed by atoms with Crippen LogP contribution in [0.3, 0.4) is 0 Å². The molecule has 1 aliphatic heterocycles. The number of piperazine rings is 1. The first-order valence-electron chi connectivity index (χ1n) is 13.0. The molecule has 1 aromatic heterocycles. The first-order chi connectivity index (χ1) is 18.1. The van der Waals surface area contributed by atoms with Crippen molar-refractivity contribution >= 4 is 23.1 Å². The Morgan fingerprint density at radius 3 is 2.30 bits per heavy atom. The van der Waals surface area contributed by atoms with E-state index in [-0.39, 0.29) is 12.4 Å². The number of anilines is 3. The van der Waals surface area contributed by atoms with Crippen molar-refractivity contribution in [3.63, 3.8) is 0 Å². The number of ether oxygens (including phenoxy) is 2. The van der Waals surface area contributed by atoms with E-state index in [0.717, 1.165) is 62.4 Å². The van der Waals surface area contributed by atoms with Gasteiger partial charge in [0.1, 0.15) is 12.4 Å². The fourth-order valence-electron chi connectivity index (χ4n) is 4.41. The van der Waals surface area contributed by atoms with Gasteiger partial charge in [-0.25, -0.2) is 9.97 Å². The molecule has 0 bridgehead atoms. The van der Waals surface area contributed by atoms with Crippen molar-refractivity contribution in [3.05, 3.63) is 71.5 Å². The molecular formula is C29H37N5O3. The Balaban J connectivity index is 1.31. The molecule has 0 atom stereocenters. The molecule has 0 saturated carbocycles. The lowest BCUT2D eigenvalue weighted by molar-refractivity contribution is 0.0783. The summed E-state index contributed by atoms with van der Waals surface area (Å²) < 4.78 is 10.7. The number of methoxy groups -OCH3 is 1. The fourth-order valence-corrected chi connectivity index (χ4v) is 4.41. The van der Waals surface area contributed by atoms with Gasteiger partial charge in [0.15, 0.2) is 5.78 Å². The second-order valence-electron chi connectivity index (χ2n) is 9.14. The van der Waals surface area contributed by atoms with Crippen LogP contribution in [0.15, 0.2) is 54.9 Å². The monoisotopic (exact) mass is 503 g/mol. The van der Waals surface area contributed by atoms with Gasteiger partial charge in [-0.3, -0.25) is 4.79 Å².